The highest BCUT2D eigenvalue weighted by molar-refractivity contribution is 5.94. The summed E-state index contributed by atoms with van der Waals surface area (Å²) in [6.07, 6.45) is 2.05. The summed E-state index contributed by atoms with van der Waals surface area (Å²) < 4.78 is 7.91. The van der Waals surface area contributed by atoms with E-state index in [1.807, 2.05) is 41.3 Å². The number of hydrogen-bond donors (Lipinski definition) is 0. The molecule has 1 aliphatic heterocycles. The van der Waals surface area contributed by atoms with Gasteiger partial charge in [-0.1, -0.05) is 42.5 Å². The van der Waals surface area contributed by atoms with Crippen LogP contribution in [0.2, 0.25) is 0 Å². The van der Waals surface area contributed by atoms with E-state index in [4.69, 9.17) is 4.74 Å². The highest BCUT2D eigenvalue weighted by Crippen LogP contribution is 2.32. The lowest BCUT2D eigenvalue weighted by Gasteiger charge is -2.37. The molecule has 1 amide bonds. The molecule has 0 saturated heterocycles. The molecule has 0 fully saturated rings. The Bertz CT molecular complexity index is 994. The average Bonchev–Trinajstić information content (AvgIpc) is 3.21. The predicted octanol–water partition coefficient (Wildman–Crippen LogP) is 3.70. The van der Waals surface area contributed by atoms with Gasteiger partial charge in [0.15, 0.2) is 12.4 Å². The molecule has 3 aromatic rings. The van der Waals surface area contributed by atoms with Crippen LogP contribution in [0.5, 0.6) is 5.75 Å². The van der Waals surface area contributed by atoms with Crippen LogP contribution in [-0.2, 0) is 11.3 Å². The van der Waals surface area contributed by atoms with Crippen LogP contribution in [0, 0.1) is 0 Å². The number of rotatable bonds is 5. The fourth-order valence-electron chi connectivity index (χ4n) is 3.67. The monoisotopic (exact) mass is 374 g/mol. The van der Waals surface area contributed by atoms with Gasteiger partial charge in [0, 0.05) is 30.5 Å². The van der Waals surface area contributed by atoms with Crippen LogP contribution in [0.1, 0.15) is 34.6 Å². The summed E-state index contributed by atoms with van der Waals surface area (Å²) in [5.74, 6) is 0.421. The minimum absolute atomic E-state index is 0.0299. The molecular weight excluding hydrogens is 352 g/mol. The molecule has 0 saturated carbocycles. The normalized spacial score (nSPS) is 15.8. The van der Waals surface area contributed by atoms with Gasteiger partial charge < -0.3 is 14.2 Å². The van der Waals surface area contributed by atoms with Crippen molar-refractivity contribution in [2.75, 3.05) is 13.2 Å². The number of aromatic nitrogens is 1. The highest BCUT2D eigenvalue weighted by atomic mass is 16.5. The predicted molar refractivity (Wildman–Crippen MR) is 106 cm³/mol. The van der Waals surface area contributed by atoms with Crippen LogP contribution in [-0.4, -0.2) is 34.3 Å². The summed E-state index contributed by atoms with van der Waals surface area (Å²) in [4.78, 5) is 26.4. The first-order valence-corrected chi connectivity index (χ1v) is 9.37. The van der Waals surface area contributed by atoms with Crippen LogP contribution in [0.3, 0.4) is 0 Å². The minimum Gasteiger partial charge on any atom is -0.484 e. The number of nitrogens with zero attached hydrogens (tertiary/aromatic N) is 2. The topological polar surface area (TPSA) is 51.5 Å². The Labute approximate surface area is 164 Å². The molecule has 1 atom stereocenters. The summed E-state index contributed by atoms with van der Waals surface area (Å²) in [5, 5.41) is 0. The maximum absolute atomic E-state index is 13.0. The summed E-state index contributed by atoms with van der Waals surface area (Å²) in [6.45, 7) is 2.83. The molecule has 5 heteroatoms. The van der Waals surface area contributed by atoms with Crippen molar-refractivity contribution < 1.29 is 14.3 Å². The van der Waals surface area contributed by atoms with E-state index in [9.17, 15) is 9.59 Å². The number of carbonyl (C=O) groups excluding carboxylic acids is 2. The quantitative estimate of drug-likeness (QED) is 0.640. The zero-order valence-corrected chi connectivity index (χ0v) is 15.7. The fraction of sp³-hybridized carbons (Fsp3) is 0.217. The first kappa shape index (κ1) is 18.0. The van der Waals surface area contributed by atoms with Gasteiger partial charge in [-0.15, -0.1) is 0 Å². The maximum Gasteiger partial charge on any atom is 0.261 e. The standard InChI is InChI=1S/C23H22N2O3/c1-17(26)19-9-5-10-20(15-19)28-16-22(27)25-14-13-24-12-6-11-21(24)23(25)18-7-3-2-4-8-18/h2-12,15,23H,13-14,16H2,1H3. The third kappa shape index (κ3) is 3.56. The first-order chi connectivity index (χ1) is 13.6. The van der Waals surface area contributed by atoms with Gasteiger partial charge in [-0.3, -0.25) is 9.59 Å². The Balaban J connectivity index is 1.54. The molecule has 2 aromatic carbocycles. The van der Waals surface area contributed by atoms with Crippen LogP contribution >= 0.6 is 0 Å². The number of hydrogen-bond acceptors (Lipinski definition) is 3. The lowest BCUT2D eigenvalue weighted by molar-refractivity contribution is -0.136. The molecule has 1 aromatic heterocycles. The van der Waals surface area contributed by atoms with Gasteiger partial charge in [0.1, 0.15) is 5.75 Å². The Kier molecular flexibility index (Phi) is 4.98. The summed E-state index contributed by atoms with van der Waals surface area (Å²) in [6, 6.07) is 20.9. The molecule has 0 N–H and O–H groups in total. The minimum atomic E-state index is -0.135. The smallest absolute Gasteiger partial charge is 0.261 e. The van der Waals surface area contributed by atoms with Crippen molar-refractivity contribution >= 4 is 11.7 Å². The number of benzene rings is 2. The van der Waals surface area contributed by atoms with Gasteiger partial charge in [0.25, 0.3) is 5.91 Å². The Morgan fingerprint density at radius 1 is 1.00 bits per heavy atom. The van der Waals surface area contributed by atoms with Gasteiger partial charge in [-0.25, -0.2) is 0 Å². The van der Waals surface area contributed by atoms with Crippen molar-refractivity contribution in [2.24, 2.45) is 0 Å². The van der Waals surface area contributed by atoms with E-state index in [2.05, 4.69) is 16.8 Å². The zero-order valence-electron chi connectivity index (χ0n) is 15.7. The van der Waals surface area contributed by atoms with Crippen molar-refractivity contribution in [1.29, 1.82) is 0 Å². The molecule has 4 rings (SSSR count). The summed E-state index contributed by atoms with van der Waals surface area (Å²) >= 11 is 0. The second-order valence-corrected chi connectivity index (χ2v) is 6.90. The van der Waals surface area contributed by atoms with Gasteiger partial charge in [0.05, 0.1) is 6.04 Å². The maximum atomic E-state index is 13.0. The lowest BCUT2D eigenvalue weighted by Crippen LogP contribution is -2.44. The van der Waals surface area contributed by atoms with Gasteiger partial charge in [-0.2, -0.15) is 0 Å². The number of ketones is 1. The van der Waals surface area contributed by atoms with Crippen LogP contribution in [0.25, 0.3) is 0 Å². The molecule has 142 valence electrons. The number of amides is 1. The van der Waals surface area contributed by atoms with E-state index >= 15 is 0 Å². The van der Waals surface area contributed by atoms with Crippen molar-refractivity contribution in [3.63, 3.8) is 0 Å². The molecule has 5 nitrogen and oxygen atoms in total. The summed E-state index contributed by atoms with van der Waals surface area (Å²) in [7, 11) is 0. The molecule has 0 radical (unpaired) electrons. The third-order valence-corrected chi connectivity index (χ3v) is 5.08. The summed E-state index contributed by atoms with van der Waals surface area (Å²) in [5.41, 5.74) is 2.75. The average molecular weight is 374 g/mol. The molecule has 2 heterocycles. The molecule has 1 unspecified atom stereocenters. The van der Waals surface area contributed by atoms with Crippen LogP contribution in [0.15, 0.2) is 72.9 Å². The van der Waals surface area contributed by atoms with Crippen molar-refractivity contribution in [3.05, 3.63) is 89.7 Å². The van der Waals surface area contributed by atoms with E-state index in [0.717, 1.165) is 17.8 Å². The molecule has 1 aliphatic rings. The second-order valence-electron chi connectivity index (χ2n) is 6.90. The second kappa shape index (κ2) is 7.72. The SMILES string of the molecule is CC(=O)c1cccc(OCC(=O)N2CCn3cccc3C2c2ccccc2)c1. The van der Waals surface area contributed by atoms with Crippen LogP contribution < -0.4 is 4.74 Å². The number of Topliss-reactive ketones (excluding diaryl/α,β-unsaturated/α-hetero) is 1. The zero-order chi connectivity index (χ0) is 19.5. The molecular formula is C23H22N2O3. The lowest BCUT2D eigenvalue weighted by atomic mass is 10.00. The number of fused-ring (bicyclic) bond motifs is 1. The van der Waals surface area contributed by atoms with E-state index in [-0.39, 0.29) is 24.3 Å². The van der Waals surface area contributed by atoms with Crippen molar-refractivity contribution in [1.82, 2.24) is 9.47 Å². The van der Waals surface area contributed by atoms with E-state index < -0.39 is 0 Å². The third-order valence-electron chi connectivity index (χ3n) is 5.08. The Hall–Kier alpha value is -3.34. The van der Waals surface area contributed by atoms with Crippen molar-refractivity contribution in [2.45, 2.75) is 19.5 Å². The Morgan fingerprint density at radius 3 is 2.61 bits per heavy atom. The molecule has 0 bridgehead atoms. The molecule has 0 aliphatic carbocycles. The number of carbonyl (C=O) groups is 2. The van der Waals surface area contributed by atoms with Crippen molar-refractivity contribution in [3.8, 4) is 5.75 Å². The Morgan fingerprint density at radius 2 is 1.82 bits per heavy atom. The van der Waals surface area contributed by atoms with Gasteiger partial charge in [0.2, 0.25) is 0 Å². The van der Waals surface area contributed by atoms with E-state index in [1.165, 1.54) is 6.92 Å². The van der Waals surface area contributed by atoms with Gasteiger partial charge >= 0.3 is 0 Å². The largest absolute Gasteiger partial charge is 0.484 e. The van der Waals surface area contributed by atoms with E-state index in [1.54, 1.807) is 24.3 Å². The molecule has 28 heavy (non-hydrogen) atoms. The first-order valence-electron chi connectivity index (χ1n) is 9.37. The molecule has 0 spiro atoms. The van der Waals surface area contributed by atoms with E-state index in [0.29, 0.717) is 17.9 Å². The number of ether oxygens (including phenoxy) is 1. The van der Waals surface area contributed by atoms with Crippen LogP contribution in [0.4, 0.5) is 0 Å². The highest BCUT2D eigenvalue weighted by Gasteiger charge is 2.32. The van der Waals surface area contributed by atoms with Gasteiger partial charge in [-0.05, 0) is 36.8 Å². The fourth-order valence-corrected chi connectivity index (χ4v) is 3.67.